The fourth-order valence-electron chi connectivity index (χ4n) is 1.17. The van der Waals surface area contributed by atoms with E-state index in [1.54, 1.807) is 12.1 Å². The first kappa shape index (κ1) is 12.3. The highest BCUT2D eigenvalue weighted by Crippen LogP contribution is 2.34. The van der Waals surface area contributed by atoms with Gasteiger partial charge in [-0.15, -0.1) is 11.3 Å². The topological polar surface area (TPSA) is 51.8 Å². The third-order valence-electron chi connectivity index (χ3n) is 1.88. The number of nitrogens with two attached hydrogens (primary N) is 1. The van der Waals surface area contributed by atoms with Gasteiger partial charge in [0.05, 0.1) is 20.5 Å². The molecule has 0 spiro atoms. The van der Waals surface area contributed by atoms with Crippen LogP contribution in [0.3, 0.4) is 0 Å². The second-order valence-electron chi connectivity index (χ2n) is 3.10. The molecule has 2 rings (SSSR count). The Morgan fingerprint density at radius 1 is 1.29 bits per heavy atom. The molecule has 2 aromatic heterocycles. The highest BCUT2D eigenvalue weighted by Gasteiger charge is 2.35. The van der Waals surface area contributed by atoms with Crippen LogP contribution in [0.15, 0.2) is 22.1 Å². The molecule has 0 aromatic carbocycles. The van der Waals surface area contributed by atoms with Gasteiger partial charge >= 0.3 is 6.18 Å². The Balaban J connectivity index is 2.51. The van der Waals surface area contributed by atoms with Crippen LogP contribution >= 0.6 is 27.3 Å². The van der Waals surface area contributed by atoms with E-state index in [0.29, 0.717) is 4.88 Å². The Hall–Kier alpha value is -1.15. The number of aromatic nitrogens is 2. The Bertz CT molecular complexity index is 553. The summed E-state index contributed by atoms with van der Waals surface area (Å²) in [5.41, 5.74) is 3.63. The molecule has 3 nitrogen and oxygen atoms in total. The molecule has 0 aliphatic rings. The van der Waals surface area contributed by atoms with Crippen LogP contribution in [-0.4, -0.2) is 9.97 Å². The maximum absolute atomic E-state index is 12.6. The largest absolute Gasteiger partial charge is 0.435 e. The number of hydrogen-bond acceptors (Lipinski definition) is 4. The van der Waals surface area contributed by atoms with Gasteiger partial charge in [-0.3, -0.25) is 0 Å². The minimum atomic E-state index is -4.57. The number of anilines is 1. The first-order valence-corrected chi connectivity index (χ1v) is 5.94. The van der Waals surface area contributed by atoms with E-state index in [0.717, 1.165) is 9.98 Å². The number of hydrogen-bond donors (Lipinski definition) is 1. The smallest absolute Gasteiger partial charge is 0.396 e. The summed E-state index contributed by atoms with van der Waals surface area (Å²) in [7, 11) is 0. The Morgan fingerprint density at radius 3 is 2.53 bits per heavy atom. The average molecular weight is 324 g/mol. The summed E-state index contributed by atoms with van der Waals surface area (Å²) in [6, 6.07) is 3.35. The standard InChI is InChI=1S/C9H5BrF3N3S/c10-6-2-1-5(17-6)8-15-3-4(14)7(16-8)9(11,12)13/h1-3H,14H2. The Kier molecular flexibility index (Phi) is 3.09. The van der Waals surface area contributed by atoms with E-state index in [2.05, 4.69) is 25.9 Å². The Morgan fingerprint density at radius 2 is 2.00 bits per heavy atom. The summed E-state index contributed by atoms with van der Waals surface area (Å²) in [6.07, 6.45) is -3.60. The number of nitrogens with zero attached hydrogens (tertiary/aromatic N) is 2. The summed E-state index contributed by atoms with van der Waals surface area (Å²) in [6.45, 7) is 0. The van der Waals surface area contributed by atoms with Crippen molar-refractivity contribution in [3.8, 4) is 10.7 Å². The minimum absolute atomic E-state index is 0.0159. The predicted octanol–water partition coefficient (Wildman–Crippen LogP) is 3.57. The van der Waals surface area contributed by atoms with Crippen LogP contribution in [0, 0.1) is 0 Å². The van der Waals surface area contributed by atoms with Crippen molar-refractivity contribution in [2.45, 2.75) is 6.18 Å². The maximum atomic E-state index is 12.6. The van der Waals surface area contributed by atoms with Gasteiger partial charge in [-0.05, 0) is 28.1 Å². The highest BCUT2D eigenvalue weighted by atomic mass is 79.9. The lowest BCUT2D eigenvalue weighted by Crippen LogP contribution is -2.12. The lowest BCUT2D eigenvalue weighted by molar-refractivity contribution is -0.140. The van der Waals surface area contributed by atoms with E-state index in [1.165, 1.54) is 11.3 Å². The molecule has 0 atom stereocenters. The average Bonchev–Trinajstić information content (AvgIpc) is 2.64. The van der Waals surface area contributed by atoms with Gasteiger partial charge in [0.15, 0.2) is 11.5 Å². The first-order valence-electron chi connectivity index (χ1n) is 4.33. The molecule has 17 heavy (non-hydrogen) atoms. The number of halogens is 4. The fourth-order valence-corrected chi connectivity index (χ4v) is 2.50. The monoisotopic (exact) mass is 323 g/mol. The minimum Gasteiger partial charge on any atom is -0.396 e. The molecule has 0 amide bonds. The van der Waals surface area contributed by atoms with Gasteiger partial charge in [0.2, 0.25) is 0 Å². The maximum Gasteiger partial charge on any atom is 0.435 e. The van der Waals surface area contributed by atoms with Crippen LogP contribution in [0.4, 0.5) is 18.9 Å². The molecule has 0 unspecified atom stereocenters. The summed E-state index contributed by atoms with van der Waals surface area (Å²) < 4.78 is 38.5. The van der Waals surface area contributed by atoms with Crippen LogP contribution in [0.5, 0.6) is 0 Å². The zero-order valence-corrected chi connectivity index (χ0v) is 10.5. The zero-order valence-electron chi connectivity index (χ0n) is 8.12. The van der Waals surface area contributed by atoms with Crippen molar-refractivity contribution >= 4 is 33.0 Å². The lowest BCUT2D eigenvalue weighted by atomic mass is 10.3. The van der Waals surface area contributed by atoms with Crippen LogP contribution < -0.4 is 5.73 Å². The molecule has 0 aliphatic carbocycles. The van der Waals surface area contributed by atoms with Crippen molar-refractivity contribution < 1.29 is 13.2 Å². The van der Waals surface area contributed by atoms with Gasteiger partial charge in [0.1, 0.15) is 0 Å². The number of thiophene rings is 1. The van der Waals surface area contributed by atoms with E-state index in [9.17, 15) is 13.2 Å². The molecule has 8 heteroatoms. The van der Waals surface area contributed by atoms with Crippen molar-refractivity contribution in [3.63, 3.8) is 0 Å². The molecule has 0 saturated heterocycles. The molecule has 2 heterocycles. The lowest BCUT2D eigenvalue weighted by Gasteiger charge is -2.08. The van der Waals surface area contributed by atoms with E-state index in [1.807, 2.05) is 0 Å². The molecular weight excluding hydrogens is 319 g/mol. The second kappa shape index (κ2) is 4.26. The van der Waals surface area contributed by atoms with E-state index in [4.69, 9.17) is 5.73 Å². The first-order chi connectivity index (χ1) is 7.88. The van der Waals surface area contributed by atoms with Gasteiger partial charge in [-0.25, -0.2) is 9.97 Å². The molecule has 2 aromatic rings. The van der Waals surface area contributed by atoms with Crippen molar-refractivity contribution in [2.24, 2.45) is 0 Å². The van der Waals surface area contributed by atoms with Gasteiger partial charge in [-0.2, -0.15) is 13.2 Å². The van der Waals surface area contributed by atoms with Crippen LogP contribution in [0.2, 0.25) is 0 Å². The third-order valence-corrected chi connectivity index (χ3v) is 3.50. The normalized spacial score (nSPS) is 11.8. The highest BCUT2D eigenvalue weighted by molar-refractivity contribution is 9.11. The summed E-state index contributed by atoms with van der Waals surface area (Å²) in [5, 5.41) is 0. The quantitative estimate of drug-likeness (QED) is 0.872. The molecule has 0 radical (unpaired) electrons. The summed E-state index contributed by atoms with van der Waals surface area (Å²) in [5.74, 6) is 0.0159. The van der Waals surface area contributed by atoms with E-state index < -0.39 is 17.6 Å². The molecular formula is C9H5BrF3N3S. The van der Waals surface area contributed by atoms with Crippen LogP contribution in [0.1, 0.15) is 5.69 Å². The third kappa shape index (κ3) is 2.58. The molecule has 0 bridgehead atoms. The van der Waals surface area contributed by atoms with Gasteiger partial charge in [0, 0.05) is 0 Å². The number of nitrogen functional groups attached to an aromatic ring is 1. The molecule has 90 valence electrons. The van der Waals surface area contributed by atoms with Gasteiger partial charge in [-0.1, -0.05) is 0 Å². The van der Waals surface area contributed by atoms with Crippen molar-refractivity contribution in [1.82, 2.24) is 9.97 Å². The van der Waals surface area contributed by atoms with Crippen molar-refractivity contribution in [2.75, 3.05) is 5.73 Å². The molecule has 2 N–H and O–H groups in total. The van der Waals surface area contributed by atoms with E-state index in [-0.39, 0.29) is 5.82 Å². The van der Waals surface area contributed by atoms with Gasteiger partial charge < -0.3 is 5.73 Å². The molecule has 0 aliphatic heterocycles. The van der Waals surface area contributed by atoms with Crippen molar-refractivity contribution in [3.05, 3.63) is 27.8 Å². The Labute approximate surface area is 107 Å². The molecule has 0 saturated carbocycles. The SMILES string of the molecule is Nc1cnc(-c2ccc(Br)s2)nc1C(F)(F)F. The van der Waals surface area contributed by atoms with Crippen molar-refractivity contribution in [1.29, 1.82) is 0 Å². The summed E-state index contributed by atoms with van der Waals surface area (Å²) in [4.78, 5) is 7.79. The number of rotatable bonds is 1. The number of alkyl halides is 3. The second-order valence-corrected chi connectivity index (χ2v) is 5.56. The zero-order chi connectivity index (χ0) is 12.6. The van der Waals surface area contributed by atoms with Gasteiger partial charge in [0.25, 0.3) is 0 Å². The van der Waals surface area contributed by atoms with E-state index >= 15 is 0 Å². The van der Waals surface area contributed by atoms with Crippen LogP contribution in [0.25, 0.3) is 10.7 Å². The summed E-state index contributed by atoms with van der Waals surface area (Å²) >= 11 is 4.47. The van der Waals surface area contributed by atoms with Crippen LogP contribution in [-0.2, 0) is 6.18 Å². The molecule has 0 fully saturated rings. The predicted molar refractivity (Wildman–Crippen MR) is 62.5 cm³/mol. The fraction of sp³-hybridized carbons (Fsp3) is 0.111.